The van der Waals surface area contributed by atoms with E-state index in [4.69, 9.17) is 0 Å². The van der Waals surface area contributed by atoms with Gasteiger partial charge in [0, 0.05) is 24.2 Å². The van der Waals surface area contributed by atoms with Crippen LogP contribution in [0.1, 0.15) is 44.6 Å². The number of benzene rings is 1. The Morgan fingerprint density at radius 3 is 2.95 bits per heavy atom. The molecule has 0 N–H and O–H groups in total. The van der Waals surface area contributed by atoms with Crippen LogP contribution in [0.4, 0.5) is 10.1 Å². The number of piperidine rings is 1. The van der Waals surface area contributed by atoms with Gasteiger partial charge in [-0.3, -0.25) is 15.0 Å². The van der Waals surface area contributed by atoms with E-state index in [0.717, 1.165) is 32.2 Å². The van der Waals surface area contributed by atoms with Crippen molar-refractivity contribution in [2.75, 3.05) is 6.54 Å². The molecule has 0 aliphatic carbocycles. The summed E-state index contributed by atoms with van der Waals surface area (Å²) < 4.78 is 14.1. The summed E-state index contributed by atoms with van der Waals surface area (Å²) in [4.78, 5) is 12.4. The fourth-order valence-corrected chi connectivity index (χ4v) is 2.98. The molecule has 1 aromatic carbocycles. The quantitative estimate of drug-likeness (QED) is 0.607. The zero-order chi connectivity index (χ0) is 14.5. The van der Waals surface area contributed by atoms with Crippen LogP contribution in [0, 0.1) is 15.9 Å². The van der Waals surface area contributed by atoms with Gasteiger partial charge in [0.2, 0.25) is 5.82 Å². The van der Waals surface area contributed by atoms with Gasteiger partial charge in [0.25, 0.3) is 0 Å². The molecule has 0 spiro atoms. The van der Waals surface area contributed by atoms with Crippen molar-refractivity contribution in [1.29, 1.82) is 0 Å². The molecule has 0 aromatic heterocycles. The first-order valence-corrected chi connectivity index (χ1v) is 7.29. The van der Waals surface area contributed by atoms with Gasteiger partial charge >= 0.3 is 5.69 Å². The molecule has 1 saturated heterocycles. The highest BCUT2D eigenvalue weighted by molar-refractivity contribution is 5.36. The number of nitro groups is 1. The Morgan fingerprint density at radius 2 is 2.25 bits per heavy atom. The van der Waals surface area contributed by atoms with E-state index in [0.29, 0.717) is 18.2 Å². The van der Waals surface area contributed by atoms with Gasteiger partial charge in [0.15, 0.2) is 0 Å². The number of likely N-dealkylation sites (tertiary alicyclic amines) is 1. The van der Waals surface area contributed by atoms with E-state index in [-0.39, 0.29) is 0 Å². The molecule has 0 radical (unpaired) electrons. The second kappa shape index (κ2) is 6.79. The lowest BCUT2D eigenvalue weighted by Gasteiger charge is -2.35. The van der Waals surface area contributed by atoms with E-state index in [2.05, 4.69) is 11.8 Å². The smallest absolute Gasteiger partial charge is 0.296 e. The predicted octanol–water partition coefficient (Wildman–Crippen LogP) is 3.89. The highest BCUT2D eigenvalue weighted by Crippen LogP contribution is 2.26. The molecule has 0 saturated carbocycles. The minimum atomic E-state index is -0.682. The lowest BCUT2D eigenvalue weighted by atomic mass is 9.97. The Hall–Kier alpha value is -1.49. The molecule has 4 nitrogen and oxygen atoms in total. The van der Waals surface area contributed by atoms with Crippen LogP contribution in [0.5, 0.6) is 0 Å². The lowest BCUT2D eigenvalue weighted by Crippen LogP contribution is -2.39. The van der Waals surface area contributed by atoms with Gasteiger partial charge in [0.1, 0.15) is 0 Å². The molecular weight excluding hydrogens is 259 g/mol. The van der Waals surface area contributed by atoms with Gasteiger partial charge in [-0.25, -0.2) is 0 Å². The van der Waals surface area contributed by atoms with E-state index < -0.39 is 16.4 Å². The standard InChI is InChI=1S/C15H21FN2O2/c1-2-6-13-8-3-4-10-17(13)11-12-7-5-9-14(15(12)16)18(19)20/h5,7,9,13H,2-4,6,8,10-11H2,1H3. The van der Waals surface area contributed by atoms with E-state index in [1.54, 1.807) is 12.1 Å². The summed E-state index contributed by atoms with van der Waals surface area (Å²) in [5, 5.41) is 10.8. The largest absolute Gasteiger partial charge is 0.305 e. The SMILES string of the molecule is CCCC1CCCCN1Cc1cccc([N+](=O)[O-])c1F. The normalized spacial score (nSPS) is 20.0. The third kappa shape index (κ3) is 3.33. The highest BCUT2D eigenvalue weighted by atomic mass is 19.1. The van der Waals surface area contributed by atoms with Crippen molar-refractivity contribution >= 4 is 5.69 Å². The third-order valence-electron chi connectivity index (χ3n) is 4.00. The minimum absolute atomic E-state index is 0.424. The molecule has 0 amide bonds. The molecule has 1 unspecified atom stereocenters. The summed E-state index contributed by atoms with van der Waals surface area (Å²) >= 11 is 0. The maximum absolute atomic E-state index is 14.1. The zero-order valence-electron chi connectivity index (χ0n) is 11.8. The van der Waals surface area contributed by atoms with Crippen LogP contribution in [-0.4, -0.2) is 22.4 Å². The molecule has 20 heavy (non-hydrogen) atoms. The second-order valence-corrected chi connectivity index (χ2v) is 5.42. The van der Waals surface area contributed by atoms with Crippen LogP contribution >= 0.6 is 0 Å². The molecule has 1 aromatic rings. The summed E-state index contributed by atoms with van der Waals surface area (Å²) in [5.74, 6) is -0.682. The highest BCUT2D eigenvalue weighted by Gasteiger charge is 2.24. The summed E-state index contributed by atoms with van der Waals surface area (Å²) in [6, 6.07) is 4.92. The van der Waals surface area contributed by atoms with E-state index >= 15 is 0 Å². The Bertz CT molecular complexity index is 477. The monoisotopic (exact) mass is 280 g/mol. The fourth-order valence-electron chi connectivity index (χ4n) is 2.98. The first kappa shape index (κ1) is 14.9. The fraction of sp³-hybridized carbons (Fsp3) is 0.600. The molecule has 1 aliphatic rings. The van der Waals surface area contributed by atoms with Gasteiger partial charge in [-0.15, -0.1) is 0 Å². The van der Waals surface area contributed by atoms with Crippen LogP contribution in [0.15, 0.2) is 18.2 Å². The molecule has 1 aliphatic heterocycles. The summed E-state index contributed by atoms with van der Waals surface area (Å²) in [6.45, 7) is 3.58. The minimum Gasteiger partial charge on any atom is -0.296 e. The first-order valence-electron chi connectivity index (χ1n) is 7.29. The van der Waals surface area contributed by atoms with Gasteiger partial charge in [0.05, 0.1) is 4.92 Å². The molecule has 0 bridgehead atoms. The summed E-state index contributed by atoms with van der Waals surface area (Å²) in [6.07, 6.45) is 5.70. The molecule has 1 atom stereocenters. The Kier molecular flexibility index (Phi) is 5.06. The average Bonchev–Trinajstić information content (AvgIpc) is 2.43. The van der Waals surface area contributed by atoms with Crippen molar-refractivity contribution in [1.82, 2.24) is 4.90 Å². The second-order valence-electron chi connectivity index (χ2n) is 5.42. The molecule has 1 fully saturated rings. The topological polar surface area (TPSA) is 46.4 Å². The third-order valence-corrected chi connectivity index (χ3v) is 4.00. The number of nitro benzene ring substituents is 1. The first-order chi connectivity index (χ1) is 9.63. The van der Waals surface area contributed by atoms with Crippen LogP contribution in [0.3, 0.4) is 0 Å². The van der Waals surface area contributed by atoms with Crippen LogP contribution in [0.2, 0.25) is 0 Å². The molecule has 110 valence electrons. The Balaban J connectivity index is 2.16. The van der Waals surface area contributed by atoms with Crippen LogP contribution < -0.4 is 0 Å². The van der Waals surface area contributed by atoms with E-state index in [9.17, 15) is 14.5 Å². The number of hydrogen-bond donors (Lipinski definition) is 0. The van der Waals surface area contributed by atoms with Crippen molar-refractivity contribution in [2.45, 2.75) is 51.6 Å². The lowest BCUT2D eigenvalue weighted by molar-refractivity contribution is -0.387. The maximum Gasteiger partial charge on any atom is 0.305 e. The van der Waals surface area contributed by atoms with E-state index in [1.807, 2.05) is 0 Å². The van der Waals surface area contributed by atoms with Gasteiger partial charge < -0.3 is 0 Å². The molecular formula is C15H21FN2O2. The van der Waals surface area contributed by atoms with Crippen molar-refractivity contribution in [2.24, 2.45) is 0 Å². The van der Waals surface area contributed by atoms with Crippen molar-refractivity contribution in [3.63, 3.8) is 0 Å². The number of halogens is 1. The predicted molar refractivity (Wildman–Crippen MR) is 76.0 cm³/mol. The van der Waals surface area contributed by atoms with Gasteiger partial charge in [-0.2, -0.15) is 4.39 Å². The Labute approximate surface area is 118 Å². The maximum atomic E-state index is 14.1. The van der Waals surface area contributed by atoms with E-state index in [1.165, 1.54) is 12.5 Å². The molecule has 1 heterocycles. The number of hydrogen-bond acceptors (Lipinski definition) is 3. The van der Waals surface area contributed by atoms with Gasteiger partial charge in [-0.05, 0) is 25.8 Å². The average molecular weight is 280 g/mol. The zero-order valence-corrected chi connectivity index (χ0v) is 11.8. The van der Waals surface area contributed by atoms with Crippen molar-refractivity contribution in [3.05, 3.63) is 39.7 Å². The summed E-state index contributed by atoms with van der Waals surface area (Å²) in [5.41, 5.74) is 0.00811. The van der Waals surface area contributed by atoms with Crippen LogP contribution in [0.25, 0.3) is 0 Å². The van der Waals surface area contributed by atoms with Gasteiger partial charge in [-0.1, -0.05) is 31.9 Å². The molecule has 2 rings (SSSR count). The molecule has 5 heteroatoms. The Morgan fingerprint density at radius 1 is 1.45 bits per heavy atom. The van der Waals surface area contributed by atoms with Crippen molar-refractivity contribution < 1.29 is 9.31 Å². The van der Waals surface area contributed by atoms with Crippen molar-refractivity contribution in [3.8, 4) is 0 Å². The summed E-state index contributed by atoms with van der Waals surface area (Å²) in [7, 11) is 0. The number of nitrogens with zero attached hydrogens (tertiary/aromatic N) is 2. The number of rotatable bonds is 5. The van der Waals surface area contributed by atoms with Crippen LogP contribution in [-0.2, 0) is 6.54 Å².